The van der Waals surface area contributed by atoms with Crippen LogP contribution in [-0.4, -0.2) is 59.3 Å². The normalized spacial score (nSPS) is 16.3. The number of nitrogens with one attached hydrogen (secondary N) is 1. The lowest BCUT2D eigenvalue weighted by Gasteiger charge is -2.24. The van der Waals surface area contributed by atoms with Gasteiger partial charge in [-0.25, -0.2) is 0 Å². The van der Waals surface area contributed by atoms with Crippen LogP contribution in [0.3, 0.4) is 0 Å². The monoisotopic (exact) mass is 426 g/mol. The number of nitrogens with zero attached hydrogens (tertiary/aromatic N) is 3. The quantitative estimate of drug-likeness (QED) is 0.590. The van der Waals surface area contributed by atoms with Gasteiger partial charge >= 0.3 is 0 Å². The second kappa shape index (κ2) is 8.97. The molecule has 1 aromatic carbocycles. The molecule has 0 spiro atoms. The number of rotatable bonds is 7. The van der Waals surface area contributed by atoms with Crippen molar-refractivity contribution in [3.8, 4) is 0 Å². The molecule has 1 atom stereocenters. The third-order valence-corrected chi connectivity index (χ3v) is 6.74. The average molecular weight is 427 g/mol. The van der Waals surface area contributed by atoms with Gasteiger partial charge in [0, 0.05) is 44.2 Å². The summed E-state index contributed by atoms with van der Waals surface area (Å²) >= 11 is 1.51. The molecule has 0 radical (unpaired) electrons. The van der Waals surface area contributed by atoms with Crippen LogP contribution in [0.1, 0.15) is 38.4 Å². The zero-order valence-electron chi connectivity index (χ0n) is 17.3. The first-order valence-electron chi connectivity index (χ1n) is 10.2. The number of hydrogen-bond acceptors (Lipinski definition) is 5. The Morgan fingerprint density at radius 2 is 2.17 bits per heavy atom. The Labute approximate surface area is 179 Å². The summed E-state index contributed by atoms with van der Waals surface area (Å²) in [7, 11) is 3.43. The molecule has 3 aromatic rings. The molecule has 3 heterocycles. The van der Waals surface area contributed by atoms with E-state index in [1.165, 1.54) is 11.3 Å². The van der Waals surface area contributed by atoms with E-state index >= 15 is 0 Å². The molecular formula is C22H26N4O3S. The maximum atomic E-state index is 13.0. The number of hydrogen-bond donors (Lipinski definition) is 1. The summed E-state index contributed by atoms with van der Waals surface area (Å²) in [5.74, 6) is -0.0670. The molecule has 30 heavy (non-hydrogen) atoms. The fourth-order valence-corrected chi connectivity index (χ4v) is 5.23. The number of benzene rings is 1. The van der Waals surface area contributed by atoms with Crippen molar-refractivity contribution in [1.82, 2.24) is 20.0 Å². The SMILES string of the molecule is COCCNC(=O)c1sc2ccccc2c1C[C@@H]1CCCN1C(=O)c1cnn(C)c1. The van der Waals surface area contributed by atoms with Crippen LogP contribution in [0.15, 0.2) is 36.7 Å². The van der Waals surface area contributed by atoms with Gasteiger partial charge in [0.2, 0.25) is 0 Å². The minimum absolute atomic E-state index is 0.0104. The molecule has 0 aliphatic carbocycles. The molecule has 1 fully saturated rings. The highest BCUT2D eigenvalue weighted by atomic mass is 32.1. The van der Waals surface area contributed by atoms with Crippen LogP contribution in [0.2, 0.25) is 0 Å². The molecular weight excluding hydrogens is 400 g/mol. The predicted octanol–water partition coefficient (Wildman–Crippen LogP) is 2.86. The van der Waals surface area contributed by atoms with Crippen molar-refractivity contribution in [3.05, 3.63) is 52.7 Å². The third-order valence-electron chi connectivity index (χ3n) is 5.53. The van der Waals surface area contributed by atoms with Crippen molar-refractivity contribution in [2.24, 2.45) is 7.05 Å². The van der Waals surface area contributed by atoms with E-state index < -0.39 is 0 Å². The number of carbonyl (C=O) groups excluding carboxylic acids is 2. The standard InChI is InChI=1S/C22H26N4O3S/c1-25-14-15(13-24-25)22(28)26-10-5-6-16(26)12-18-17-7-3-4-8-19(17)30-20(18)21(27)23-9-11-29-2/h3-4,7-8,13-14,16H,5-6,9-12H2,1-2H3,(H,23,27)/t16-/m0/s1. The number of aromatic nitrogens is 2. The molecule has 0 unspecified atom stereocenters. The average Bonchev–Trinajstić information content (AvgIpc) is 3.47. The van der Waals surface area contributed by atoms with Crippen molar-refractivity contribution >= 4 is 33.2 Å². The lowest BCUT2D eigenvalue weighted by Crippen LogP contribution is -2.37. The number of amides is 2. The Morgan fingerprint density at radius 3 is 2.93 bits per heavy atom. The summed E-state index contributed by atoms with van der Waals surface area (Å²) in [6.07, 6.45) is 5.94. The van der Waals surface area contributed by atoms with Crippen molar-refractivity contribution in [1.29, 1.82) is 0 Å². The molecule has 1 aliphatic rings. The van der Waals surface area contributed by atoms with E-state index in [0.717, 1.165) is 39.9 Å². The maximum absolute atomic E-state index is 13.0. The second-order valence-electron chi connectivity index (χ2n) is 7.56. The Hall–Kier alpha value is -2.71. The zero-order valence-corrected chi connectivity index (χ0v) is 18.1. The number of methoxy groups -OCH3 is 1. The minimum Gasteiger partial charge on any atom is -0.383 e. The van der Waals surface area contributed by atoms with Crippen molar-refractivity contribution < 1.29 is 14.3 Å². The first-order valence-corrected chi connectivity index (χ1v) is 11.0. The first kappa shape index (κ1) is 20.6. The number of thiophene rings is 1. The number of likely N-dealkylation sites (tertiary alicyclic amines) is 1. The fourth-order valence-electron chi connectivity index (χ4n) is 4.08. The molecule has 0 saturated carbocycles. The number of fused-ring (bicyclic) bond motifs is 1. The van der Waals surface area contributed by atoms with Crippen molar-refractivity contribution in [2.75, 3.05) is 26.8 Å². The molecule has 2 amide bonds. The first-order chi connectivity index (χ1) is 14.6. The van der Waals surface area contributed by atoms with Crippen LogP contribution in [0.5, 0.6) is 0 Å². The molecule has 2 aromatic heterocycles. The Kier molecular flexibility index (Phi) is 6.15. The maximum Gasteiger partial charge on any atom is 0.261 e. The van der Waals surface area contributed by atoms with Crippen LogP contribution in [0.4, 0.5) is 0 Å². The zero-order chi connectivity index (χ0) is 21.1. The third kappa shape index (κ3) is 4.11. The van der Waals surface area contributed by atoms with Crippen LogP contribution < -0.4 is 5.32 Å². The van der Waals surface area contributed by atoms with Crippen LogP contribution >= 0.6 is 11.3 Å². The summed E-state index contributed by atoms with van der Waals surface area (Å²) in [5.41, 5.74) is 1.64. The smallest absolute Gasteiger partial charge is 0.261 e. The topological polar surface area (TPSA) is 76.5 Å². The summed E-state index contributed by atoms with van der Waals surface area (Å²) < 4.78 is 7.78. The van der Waals surface area contributed by atoms with Crippen LogP contribution in [0.25, 0.3) is 10.1 Å². The molecule has 1 N–H and O–H groups in total. The van der Waals surface area contributed by atoms with Crippen LogP contribution in [-0.2, 0) is 18.2 Å². The van der Waals surface area contributed by atoms with Gasteiger partial charge in [-0.15, -0.1) is 11.3 Å². The number of carbonyl (C=O) groups is 2. The summed E-state index contributed by atoms with van der Waals surface area (Å²) in [6.45, 7) is 1.68. The van der Waals surface area contributed by atoms with E-state index in [2.05, 4.69) is 16.5 Å². The summed E-state index contributed by atoms with van der Waals surface area (Å²) in [5, 5.41) is 8.17. The number of aryl methyl sites for hydroxylation is 1. The highest BCUT2D eigenvalue weighted by Crippen LogP contribution is 2.34. The lowest BCUT2D eigenvalue weighted by molar-refractivity contribution is 0.0736. The minimum atomic E-state index is -0.0774. The van der Waals surface area contributed by atoms with E-state index in [0.29, 0.717) is 25.1 Å². The van der Waals surface area contributed by atoms with Gasteiger partial charge in [0.1, 0.15) is 0 Å². The van der Waals surface area contributed by atoms with Gasteiger partial charge in [0.05, 0.1) is 23.2 Å². The molecule has 7 nitrogen and oxygen atoms in total. The second-order valence-corrected chi connectivity index (χ2v) is 8.61. The van der Waals surface area contributed by atoms with Gasteiger partial charge < -0.3 is 15.0 Å². The predicted molar refractivity (Wildman–Crippen MR) is 117 cm³/mol. The van der Waals surface area contributed by atoms with Crippen molar-refractivity contribution in [3.63, 3.8) is 0 Å². The number of ether oxygens (including phenoxy) is 1. The van der Waals surface area contributed by atoms with E-state index in [9.17, 15) is 9.59 Å². The highest BCUT2D eigenvalue weighted by molar-refractivity contribution is 7.21. The molecule has 158 valence electrons. The van der Waals surface area contributed by atoms with Gasteiger partial charge in [0.15, 0.2) is 0 Å². The highest BCUT2D eigenvalue weighted by Gasteiger charge is 2.32. The van der Waals surface area contributed by atoms with Crippen molar-refractivity contribution in [2.45, 2.75) is 25.3 Å². The summed E-state index contributed by atoms with van der Waals surface area (Å²) in [4.78, 5) is 28.6. The Bertz CT molecular complexity index is 1060. The van der Waals surface area contributed by atoms with E-state index in [4.69, 9.17) is 4.74 Å². The van der Waals surface area contributed by atoms with E-state index in [-0.39, 0.29) is 17.9 Å². The van der Waals surface area contributed by atoms with Crippen LogP contribution in [0, 0.1) is 0 Å². The molecule has 1 aliphatic heterocycles. The largest absolute Gasteiger partial charge is 0.383 e. The van der Waals surface area contributed by atoms with E-state index in [1.807, 2.05) is 30.1 Å². The van der Waals surface area contributed by atoms with Gasteiger partial charge in [-0.3, -0.25) is 14.3 Å². The molecule has 8 heteroatoms. The Balaban J connectivity index is 1.61. The van der Waals surface area contributed by atoms with Gasteiger partial charge in [-0.05, 0) is 36.3 Å². The fraction of sp³-hybridized carbons (Fsp3) is 0.409. The van der Waals surface area contributed by atoms with Gasteiger partial charge in [0.25, 0.3) is 11.8 Å². The molecule has 1 saturated heterocycles. The Morgan fingerprint density at radius 1 is 1.33 bits per heavy atom. The molecule has 0 bridgehead atoms. The molecule has 4 rings (SSSR count). The lowest BCUT2D eigenvalue weighted by atomic mass is 10.00. The van der Waals surface area contributed by atoms with E-state index in [1.54, 1.807) is 24.2 Å². The van der Waals surface area contributed by atoms with Gasteiger partial charge in [-0.1, -0.05) is 18.2 Å². The summed E-state index contributed by atoms with van der Waals surface area (Å²) in [6, 6.07) is 8.17. The van der Waals surface area contributed by atoms with Gasteiger partial charge in [-0.2, -0.15) is 5.10 Å².